The Morgan fingerprint density at radius 3 is 2.34 bits per heavy atom. The zero-order chi connectivity index (χ0) is 22.9. The molecule has 1 aliphatic rings. The lowest BCUT2D eigenvalue weighted by molar-refractivity contribution is 0.181. The Hall–Kier alpha value is -2.23. The molecule has 0 unspecified atom stereocenters. The predicted octanol–water partition coefficient (Wildman–Crippen LogP) is 3.35. The molecule has 4 rings (SSSR count). The summed E-state index contributed by atoms with van der Waals surface area (Å²) in [5, 5.41) is 3.89. The summed E-state index contributed by atoms with van der Waals surface area (Å²) in [5.74, 6) is 0. The van der Waals surface area contributed by atoms with Crippen molar-refractivity contribution in [3.8, 4) is 5.69 Å². The van der Waals surface area contributed by atoms with Gasteiger partial charge >= 0.3 is 0 Å². The summed E-state index contributed by atoms with van der Waals surface area (Å²) >= 11 is 11.7. The van der Waals surface area contributed by atoms with Gasteiger partial charge in [0.1, 0.15) is 5.02 Å². The second-order valence-corrected chi connectivity index (χ2v) is 10.4. The summed E-state index contributed by atoms with van der Waals surface area (Å²) in [6, 6.07) is 14.3. The van der Waals surface area contributed by atoms with E-state index < -0.39 is 15.6 Å². The van der Waals surface area contributed by atoms with E-state index in [1.54, 1.807) is 0 Å². The van der Waals surface area contributed by atoms with E-state index in [4.69, 9.17) is 23.2 Å². The molecule has 10 heteroatoms. The zero-order valence-electron chi connectivity index (χ0n) is 17.4. The highest BCUT2D eigenvalue weighted by Crippen LogP contribution is 2.21. The molecule has 1 aromatic heterocycles. The average molecular weight is 493 g/mol. The maximum atomic E-state index is 13.1. The minimum absolute atomic E-state index is 0.0636. The molecule has 1 saturated heterocycles. The van der Waals surface area contributed by atoms with Gasteiger partial charge in [0, 0.05) is 32.7 Å². The van der Waals surface area contributed by atoms with E-state index in [2.05, 4.69) is 35.1 Å². The van der Waals surface area contributed by atoms with Gasteiger partial charge in [-0.05, 0) is 36.8 Å². The van der Waals surface area contributed by atoms with Crippen LogP contribution in [-0.2, 0) is 16.6 Å². The molecule has 7 nitrogen and oxygen atoms in total. The predicted molar refractivity (Wildman–Crippen MR) is 125 cm³/mol. The van der Waals surface area contributed by atoms with Crippen LogP contribution in [0.2, 0.25) is 10.0 Å². The molecule has 0 N–H and O–H groups in total. The molecule has 0 spiro atoms. The number of sulfonamides is 1. The van der Waals surface area contributed by atoms with Crippen molar-refractivity contribution in [3.63, 3.8) is 0 Å². The lowest BCUT2D eigenvalue weighted by Crippen LogP contribution is -2.48. The summed E-state index contributed by atoms with van der Waals surface area (Å²) < 4.78 is 28.8. The van der Waals surface area contributed by atoms with Gasteiger partial charge in [-0.1, -0.05) is 53.0 Å². The number of hydrogen-bond acceptors (Lipinski definition) is 5. The summed E-state index contributed by atoms with van der Waals surface area (Å²) in [4.78, 5) is 14.7. The van der Waals surface area contributed by atoms with Gasteiger partial charge in [-0.25, -0.2) is 8.42 Å². The van der Waals surface area contributed by atoms with Crippen LogP contribution >= 0.6 is 23.2 Å². The van der Waals surface area contributed by atoms with E-state index in [0.29, 0.717) is 31.9 Å². The highest BCUT2D eigenvalue weighted by atomic mass is 35.5. The lowest BCUT2D eigenvalue weighted by Gasteiger charge is -2.34. The second-order valence-electron chi connectivity index (χ2n) is 7.69. The van der Waals surface area contributed by atoms with Crippen LogP contribution in [0.25, 0.3) is 5.69 Å². The van der Waals surface area contributed by atoms with Crippen LogP contribution in [0, 0.1) is 6.92 Å². The SMILES string of the molecule is Cc1cccc(CN2CCN(S(=O)(=O)c3ccc(-n4ncc(Cl)c(Cl)c4=O)cc3)CC2)c1. The third-order valence-corrected chi connectivity index (χ3v) is 8.08. The van der Waals surface area contributed by atoms with Crippen molar-refractivity contribution < 1.29 is 8.42 Å². The number of piperazine rings is 1. The fourth-order valence-electron chi connectivity index (χ4n) is 3.70. The molecule has 168 valence electrons. The number of hydrogen-bond donors (Lipinski definition) is 0. The van der Waals surface area contributed by atoms with Crippen molar-refractivity contribution in [3.05, 3.63) is 86.3 Å². The Morgan fingerprint density at radius 1 is 1.00 bits per heavy atom. The number of benzene rings is 2. The van der Waals surface area contributed by atoms with E-state index in [1.165, 1.54) is 45.9 Å². The normalized spacial score (nSPS) is 15.7. The average Bonchev–Trinajstić information content (AvgIpc) is 2.78. The number of aryl methyl sites for hydroxylation is 1. The van der Waals surface area contributed by atoms with Crippen LogP contribution < -0.4 is 5.56 Å². The molecule has 1 aliphatic heterocycles. The molecule has 0 atom stereocenters. The monoisotopic (exact) mass is 492 g/mol. The molecule has 0 aliphatic carbocycles. The third-order valence-electron chi connectivity index (χ3n) is 5.42. The van der Waals surface area contributed by atoms with Crippen molar-refractivity contribution in [2.75, 3.05) is 26.2 Å². The van der Waals surface area contributed by atoms with E-state index >= 15 is 0 Å². The fraction of sp³-hybridized carbons (Fsp3) is 0.273. The largest absolute Gasteiger partial charge is 0.296 e. The van der Waals surface area contributed by atoms with Gasteiger partial charge in [0.05, 0.1) is 21.8 Å². The Morgan fingerprint density at radius 2 is 1.69 bits per heavy atom. The Balaban J connectivity index is 1.45. The van der Waals surface area contributed by atoms with Crippen molar-refractivity contribution in [1.29, 1.82) is 0 Å². The molecule has 2 heterocycles. The Bertz CT molecular complexity index is 1290. The van der Waals surface area contributed by atoms with Crippen molar-refractivity contribution in [2.24, 2.45) is 0 Å². The summed E-state index contributed by atoms with van der Waals surface area (Å²) in [5.41, 5.74) is 2.27. The molecule has 0 bridgehead atoms. The number of rotatable bonds is 5. The van der Waals surface area contributed by atoms with Gasteiger partial charge < -0.3 is 0 Å². The first-order valence-electron chi connectivity index (χ1n) is 10.1. The van der Waals surface area contributed by atoms with Crippen molar-refractivity contribution in [2.45, 2.75) is 18.4 Å². The van der Waals surface area contributed by atoms with Crippen molar-refractivity contribution in [1.82, 2.24) is 19.0 Å². The first-order chi connectivity index (χ1) is 15.3. The van der Waals surface area contributed by atoms with Crippen LogP contribution in [-0.4, -0.2) is 53.6 Å². The molecule has 1 fully saturated rings. The molecule has 2 aromatic carbocycles. The Kier molecular flexibility index (Phi) is 6.69. The quantitative estimate of drug-likeness (QED) is 0.545. The van der Waals surface area contributed by atoms with Crippen LogP contribution in [0.1, 0.15) is 11.1 Å². The summed E-state index contributed by atoms with van der Waals surface area (Å²) in [7, 11) is -3.64. The maximum Gasteiger partial charge on any atom is 0.291 e. The van der Waals surface area contributed by atoms with Crippen LogP contribution in [0.15, 0.2) is 64.4 Å². The molecule has 3 aromatic rings. The standard InChI is InChI=1S/C22H22Cl2N4O3S/c1-16-3-2-4-17(13-16)15-26-9-11-27(12-10-26)32(30,31)19-7-5-18(6-8-19)28-22(29)21(24)20(23)14-25-28/h2-8,13-14H,9-12,15H2,1H3. The van der Waals surface area contributed by atoms with Crippen LogP contribution in [0.4, 0.5) is 0 Å². The molecular weight excluding hydrogens is 471 g/mol. The summed E-state index contributed by atoms with van der Waals surface area (Å²) in [6.45, 7) is 5.03. The first kappa shape index (κ1) is 22.9. The van der Waals surface area contributed by atoms with E-state index in [0.717, 1.165) is 11.2 Å². The van der Waals surface area contributed by atoms with E-state index in [1.807, 2.05) is 6.07 Å². The Labute approximate surface area is 196 Å². The maximum absolute atomic E-state index is 13.1. The zero-order valence-corrected chi connectivity index (χ0v) is 19.7. The van der Waals surface area contributed by atoms with Gasteiger partial charge in [-0.3, -0.25) is 9.69 Å². The van der Waals surface area contributed by atoms with Crippen molar-refractivity contribution >= 4 is 33.2 Å². The van der Waals surface area contributed by atoms with Gasteiger partial charge in [-0.15, -0.1) is 0 Å². The first-order valence-corrected chi connectivity index (χ1v) is 12.3. The number of nitrogens with zero attached hydrogens (tertiary/aromatic N) is 4. The van der Waals surface area contributed by atoms with Gasteiger partial charge in [0.25, 0.3) is 5.56 Å². The molecule has 32 heavy (non-hydrogen) atoms. The smallest absolute Gasteiger partial charge is 0.291 e. The van der Waals surface area contributed by atoms with Gasteiger partial charge in [0.2, 0.25) is 10.0 Å². The summed E-state index contributed by atoms with van der Waals surface area (Å²) in [6.07, 6.45) is 1.27. The van der Waals surface area contributed by atoms with E-state index in [-0.39, 0.29) is 14.9 Å². The lowest BCUT2D eigenvalue weighted by atomic mass is 10.1. The molecule has 0 saturated carbocycles. The molecule has 0 amide bonds. The van der Waals surface area contributed by atoms with Gasteiger partial charge in [0.15, 0.2) is 0 Å². The minimum Gasteiger partial charge on any atom is -0.296 e. The molecular formula is C22H22Cl2N4O3S. The number of halogens is 2. The highest BCUT2D eigenvalue weighted by molar-refractivity contribution is 7.89. The van der Waals surface area contributed by atoms with Crippen LogP contribution in [0.5, 0.6) is 0 Å². The van der Waals surface area contributed by atoms with Crippen LogP contribution in [0.3, 0.4) is 0 Å². The second kappa shape index (κ2) is 9.33. The third kappa shape index (κ3) is 4.74. The van der Waals surface area contributed by atoms with E-state index in [9.17, 15) is 13.2 Å². The fourth-order valence-corrected chi connectivity index (χ4v) is 5.38. The number of aromatic nitrogens is 2. The minimum atomic E-state index is -3.64. The molecule has 0 radical (unpaired) electrons. The van der Waals surface area contributed by atoms with Gasteiger partial charge in [-0.2, -0.15) is 14.1 Å². The topological polar surface area (TPSA) is 75.5 Å². The highest BCUT2D eigenvalue weighted by Gasteiger charge is 2.28.